The van der Waals surface area contributed by atoms with Crippen LogP contribution in [0, 0.1) is 5.92 Å². The maximum Gasteiger partial charge on any atom is 0.335 e. The molecule has 4 heteroatoms. The molecule has 0 saturated heterocycles. The first-order chi connectivity index (χ1) is 11.1. The topological polar surface area (TPSA) is 66.4 Å². The summed E-state index contributed by atoms with van der Waals surface area (Å²) in [4.78, 5) is 23.3. The molecule has 0 aromatic heterocycles. The first-order valence-corrected chi connectivity index (χ1v) is 7.81. The molecule has 2 aromatic rings. The van der Waals surface area contributed by atoms with Crippen LogP contribution >= 0.6 is 0 Å². The van der Waals surface area contributed by atoms with Crippen LogP contribution in [-0.4, -0.2) is 23.0 Å². The molecule has 118 valence electrons. The molecule has 1 unspecified atom stereocenters. The van der Waals surface area contributed by atoms with E-state index in [9.17, 15) is 9.59 Å². The third kappa shape index (κ3) is 3.97. The number of carbonyl (C=O) groups is 2. The highest BCUT2D eigenvalue weighted by Crippen LogP contribution is 2.34. The molecule has 1 fully saturated rings. The van der Waals surface area contributed by atoms with Crippen molar-refractivity contribution in [3.05, 3.63) is 71.3 Å². The molecule has 0 bridgehead atoms. The Hall–Kier alpha value is -2.62. The average Bonchev–Trinajstić information content (AvgIpc) is 3.40. The van der Waals surface area contributed by atoms with Crippen LogP contribution in [-0.2, 0) is 6.42 Å². The first-order valence-electron chi connectivity index (χ1n) is 7.81. The first kappa shape index (κ1) is 15.3. The number of rotatable bonds is 6. The Balaban J connectivity index is 1.67. The van der Waals surface area contributed by atoms with Crippen molar-refractivity contribution in [2.24, 2.45) is 5.92 Å². The van der Waals surface area contributed by atoms with E-state index in [2.05, 4.69) is 17.4 Å². The molecule has 1 aliphatic rings. The Labute approximate surface area is 135 Å². The second kappa shape index (κ2) is 6.65. The minimum absolute atomic E-state index is 0.129. The molecule has 0 aliphatic heterocycles. The van der Waals surface area contributed by atoms with Crippen molar-refractivity contribution in [2.45, 2.75) is 25.3 Å². The van der Waals surface area contributed by atoms with Gasteiger partial charge in [0.25, 0.3) is 5.91 Å². The quantitative estimate of drug-likeness (QED) is 0.861. The summed E-state index contributed by atoms with van der Waals surface area (Å²) >= 11 is 0. The number of benzene rings is 2. The Morgan fingerprint density at radius 1 is 1.00 bits per heavy atom. The van der Waals surface area contributed by atoms with Gasteiger partial charge in [0, 0.05) is 11.6 Å². The molecular weight excluding hydrogens is 290 g/mol. The molecular formula is C19H19NO3. The van der Waals surface area contributed by atoms with Gasteiger partial charge in [-0.1, -0.05) is 30.3 Å². The van der Waals surface area contributed by atoms with Gasteiger partial charge in [-0.2, -0.15) is 0 Å². The molecule has 1 atom stereocenters. The molecule has 4 nitrogen and oxygen atoms in total. The van der Waals surface area contributed by atoms with Gasteiger partial charge < -0.3 is 10.4 Å². The van der Waals surface area contributed by atoms with Crippen molar-refractivity contribution in [3.8, 4) is 0 Å². The summed E-state index contributed by atoms with van der Waals surface area (Å²) < 4.78 is 0. The Morgan fingerprint density at radius 2 is 1.61 bits per heavy atom. The molecule has 1 aliphatic carbocycles. The lowest BCUT2D eigenvalue weighted by atomic mass is 10.0. The summed E-state index contributed by atoms with van der Waals surface area (Å²) in [7, 11) is 0. The van der Waals surface area contributed by atoms with Crippen LogP contribution in [0.15, 0.2) is 54.6 Å². The molecule has 23 heavy (non-hydrogen) atoms. The molecule has 0 spiro atoms. The van der Waals surface area contributed by atoms with Crippen molar-refractivity contribution in [1.29, 1.82) is 0 Å². The van der Waals surface area contributed by atoms with E-state index in [0.717, 1.165) is 19.3 Å². The number of carboxylic acids is 1. The number of carboxylic acid groups (broad SMARTS) is 1. The van der Waals surface area contributed by atoms with Crippen LogP contribution < -0.4 is 5.32 Å². The second-order valence-electron chi connectivity index (χ2n) is 5.99. The van der Waals surface area contributed by atoms with Crippen molar-refractivity contribution >= 4 is 11.9 Å². The molecule has 2 N–H and O–H groups in total. The zero-order valence-corrected chi connectivity index (χ0v) is 12.7. The number of hydrogen-bond donors (Lipinski definition) is 2. The lowest BCUT2D eigenvalue weighted by Gasteiger charge is -2.18. The molecule has 2 aromatic carbocycles. The minimum Gasteiger partial charge on any atom is -0.478 e. The lowest BCUT2D eigenvalue weighted by molar-refractivity contribution is 0.0696. The summed E-state index contributed by atoms with van der Waals surface area (Å²) in [6.07, 6.45) is 3.12. The second-order valence-corrected chi connectivity index (χ2v) is 5.99. The molecule has 1 amide bonds. The zero-order valence-electron chi connectivity index (χ0n) is 12.7. The van der Waals surface area contributed by atoms with Crippen LogP contribution in [0.1, 0.15) is 39.1 Å². The van der Waals surface area contributed by atoms with Gasteiger partial charge in [0.1, 0.15) is 0 Å². The predicted octanol–water partition coefficient (Wildman–Crippen LogP) is 3.14. The van der Waals surface area contributed by atoms with E-state index in [-0.39, 0.29) is 17.5 Å². The molecule has 0 heterocycles. The van der Waals surface area contributed by atoms with Gasteiger partial charge in [-0.15, -0.1) is 0 Å². The SMILES string of the molecule is O=C(O)c1ccc(C(=O)NC(Cc2ccccc2)C2CC2)cc1. The Morgan fingerprint density at radius 3 is 2.17 bits per heavy atom. The van der Waals surface area contributed by atoms with Crippen LogP contribution in [0.5, 0.6) is 0 Å². The van der Waals surface area contributed by atoms with E-state index in [1.807, 2.05) is 18.2 Å². The number of amides is 1. The van der Waals surface area contributed by atoms with Crippen LogP contribution in [0.2, 0.25) is 0 Å². The predicted molar refractivity (Wildman–Crippen MR) is 87.5 cm³/mol. The van der Waals surface area contributed by atoms with Gasteiger partial charge in [0.15, 0.2) is 0 Å². The number of nitrogens with one attached hydrogen (secondary N) is 1. The van der Waals surface area contributed by atoms with Crippen molar-refractivity contribution in [1.82, 2.24) is 5.32 Å². The van der Waals surface area contributed by atoms with E-state index in [1.54, 1.807) is 12.1 Å². The molecule has 1 saturated carbocycles. The number of carbonyl (C=O) groups excluding carboxylic acids is 1. The van der Waals surface area contributed by atoms with E-state index < -0.39 is 5.97 Å². The minimum atomic E-state index is -0.989. The van der Waals surface area contributed by atoms with Crippen molar-refractivity contribution in [2.75, 3.05) is 0 Å². The number of hydrogen-bond acceptors (Lipinski definition) is 2. The fraction of sp³-hybridized carbons (Fsp3) is 0.263. The third-order valence-electron chi connectivity index (χ3n) is 4.20. The van der Waals surface area contributed by atoms with Crippen molar-refractivity contribution in [3.63, 3.8) is 0 Å². The van der Waals surface area contributed by atoms with E-state index in [0.29, 0.717) is 11.5 Å². The van der Waals surface area contributed by atoms with Gasteiger partial charge in [-0.3, -0.25) is 4.79 Å². The number of aromatic carboxylic acids is 1. The van der Waals surface area contributed by atoms with Crippen LogP contribution in [0.3, 0.4) is 0 Å². The maximum atomic E-state index is 12.4. The average molecular weight is 309 g/mol. The Bertz CT molecular complexity index is 690. The van der Waals surface area contributed by atoms with Crippen LogP contribution in [0.4, 0.5) is 0 Å². The van der Waals surface area contributed by atoms with Crippen LogP contribution in [0.25, 0.3) is 0 Å². The van der Waals surface area contributed by atoms with Gasteiger partial charge in [0.05, 0.1) is 5.56 Å². The fourth-order valence-electron chi connectivity index (χ4n) is 2.72. The molecule has 0 radical (unpaired) electrons. The summed E-state index contributed by atoms with van der Waals surface area (Å²) in [6, 6.07) is 16.3. The van der Waals surface area contributed by atoms with Gasteiger partial charge in [-0.25, -0.2) is 4.79 Å². The smallest absolute Gasteiger partial charge is 0.335 e. The fourth-order valence-corrected chi connectivity index (χ4v) is 2.72. The lowest BCUT2D eigenvalue weighted by Crippen LogP contribution is -2.38. The standard InChI is InChI=1S/C19H19NO3/c21-18(15-8-10-16(11-9-15)19(22)23)20-17(14-6-7-14)12-13-4-2-1-3-5-13/h1-5,8-11,14,17H,6-7,12H2,(H,20,21)(H,22,23). The van der Waals surface area contributed by atoms with E-state index >= 15 is 0 Å². The summed E-state index contributed by atoms with van der Waals surface area (Å²) in [5, 5.41) is 12.0. The van der Waals surface area contributed by atoms with Gasteiger partial charge in [0.2, 0.25) is 0 Å². The highest BCUT2D eigenvalue weighted by atomic mass is 16.4. The van der Waals surface area contributed by atoms with E-state index in [1.165, 1.54) is 17.7 Å². The van der Waals surface area contributed by atoms with Gasteiger partial charge in [-0.05, 0) is 55.0 Å². The highest BCUT2D eigenvalue weighted by molar-refractivity contribution is 5.96. The normalized spacial score (nSPS) is 15.0. The monoisotopic (exact) mass is 309 g/mol. The van der Waals surface area contributed by atoms with Crippen molar-refractivity contribution < 1.29 is 14.7 Å². The zero-order chi connectivity index (χ0) is 16.2. The highest BCUT2D eigenvalue weighted by Gasteiger charge is 2.32. The Kier molecular flexibility index (Phi) is 4.42. The third-order valence-corrected chi connectivity index (χ3v) is 4.20. The summed E-state index contributed by atoms with van der Waals surface area (Å²) in [5.41, 5.74) is 1.89. The molecule has 3 rings (SSSR count). The largest absolute Gasteiger partial charge is 0.478 e. The maximum absolute atomic E-state index is 12.4. The summed E-state index contributed by atoms with van der Waals surface area (Å²) in [5.74, 6) is -0.593. The van der Waals surface area contributed by atoms with E-state index in [4.69, 9.17) is 5.11 Å². The summed E-state index contributed by atoms with van der Waals surface area (Å²) in [6.45, 7) is 0. The van der Waals surface area contributed by atoms with Gasteiger partial charge >= 0.3 is 5.97 Å².